The molecule has 0 aliphatic rings. The van der Waals surface area contributed by atoms with Crippen molar-refractivity contribution in [3.8, 4) is 0 Å². The highest BCUT2D eigenvalue weighted by Gasteiger charge is 2.06. The molecule has 80 valence electrons. The van der Waals surface area contributed by atoms with E-state index in [1.54, 1.807) is 36.4 Å². The topological polar surface area (TPSA) is 69.4 Å². The second kappa shape index (κ2) is 4.12. The Morgan fingerprint density at radius 2 is 1.81 bits per heavy atom. The zero-order valence-electron chi connectivity index (χ0n) is 8.34. The van der Waals surface area contributed by atoms with Gasteiger partial charge in [-0.05, 0) is 29.0 Å². The average Bonchev–Trinajstić information content (AvgIpc) is 2.36. The van der Waals surface area contributed by atoms with Gasteiger partial charge in [0.25, 0.3) is 0 Å². The Kier molecular flexibility index (Phi) is 2.66. The van der Waals surface area contributed by atoms with E-state index in [0.717, 1.165) is 17.1 Å². The van der Waals surface area contributed by atoms with Crippen LogP contribution >= 0.6 is 0 Å². The molecule has 2 aromatic carbocycles. The molecule has 4 heteroatoms. The summed E-state index contributed by atoms with van der Waals surface area (Å²) in [6.45, 7) is 0. The van der Waals surface area contributed by atoms with Crippen LogP contribution in [0.1, 0.15) is 20.7 Å². The molecule has 2 rings (SSSR count). The van der Waals surface area contributed by atoms with Gasteiger partial charge < -0.3 is 4.84 Å². The van der Waals surface area contributed by atoms with Crippen LogP contribution in [0.4, 0.5) is 0 Å². The lowest BCUT2D eigenvalue weighted by atomic mass is 10.0. The number of carbonyl (C=O) groups excluding carboxylic acids is 2. The van der Waals surface area contributed by atoms with Gasteiger partial charge in [-0.1, -0.05) is 18.2 Å². The van der Waals surface area contributed by atoms with Crippen molar-refractivity contribution in [3.05, 3.63) is 47.5 Å². The minimum atomic E-state index is -0.582. The second-order valence-electron chi connectivity index (χ2n) is 3.34. The molecule has 0 amide bonds. The molecule has 0 aromatic heterocycles. The van der Waals surface area contributed by atoms with Gasteiger partial charge in [0.2, 0.25) is 0 Å². The molecule has 0 saturated heterocycles. The molecule has 4 nitrogen and oxygen atoms in total. The molecule has 0 spiro atoms. The quantitative estimate of drug-likeness (QED) is 0.611. The van der Waals surface area contributed by atoms with E-state index in [4.69, 9.17) is 5.90 Å². The highest BCUT2D eigenvalue weighted by molar-refractivity contribution is 5.96. The molecule has 0 aliphatic carbocycles. The lowest BCUT2D eigenvalue weighted by Crippen LogP contribution is -2.09. The Morgan fingerprint density at radius 1 is 1.12 bits per heavy atom. The van der Waals surface area contributed by atoms with Crippen molar-refractivity contribution in [2.45, 2.75) is 0 Å². The van der Waals surface area contributed by atoms with Gasteiger partial charge in [0.05, 0.1) is 5.56 Å². The van der Waals surface area contributed by atoms with Crippen LogP contribution in [-0.4, -0.2) is 12.3 Å². The fourth-order valence-corrected chi connectivity index (χ4v) is 1.53. The summed E-state index contributed by atoms with van der Waals surface area (Å²) in [7, 11) is 0. The first-order valence-corrected chi connectivity index (χ1v) is 4.64. The highest BCUT2D eigenvalue weighted by Crippen LogP contribution is 2.17. The fraction of sp³-hybridized carbons (Fsp3) is 0. The van der Waals surface area contributed by atoms with Crippen molar-refractivity contribution in [1.82, 2.24) is 0 Å². The van der Waals surface area contributed by atoms with Gasteiger partial charge in [-0.2, -0.15) is 5.90 Å². The number of aldehydes is 1. The molecule has 0 unspecified atom stereocenters. The Labute approximate surface area is 91.6 Å². The van der Waals surface area contributed by atoms with E-state index in [2.05, 4.69) is 4.84 Å². The summed E-state index contributed by atoms with van der Waals surface area (Å²) < 4.78 is 0. The molecule has 0 aliphatic heterocycles. The summed E-state index contributed by atoms with van der Waals surface area (Å²) in [5.41, 5.74) is 0.982. The predicted octanol–water partition coefficient (Wildman–Crippen LogP) is 1.68. The molecule has 0 bridgehead atoms. The van der Waals surface area contributed by atoms with Crippen LogP contribution in [0.3, 0.4) is 0 Å². The third-order valence-corrected chi connectivity index (χ3v) is 2.34. The second-order valence-corrected chi connectivity index (χ2v) is 3.34. The van der Waals surface area contributed by atoms with Gasteiger partial charge in [-0.3, -0.25) is 4.79 Å². The van der Waals surface area contributed by atoms with Crippen molar-refractivity contribution in [2.75, 3.05) is 0 Å². The van der Waals surface area contributed by atoms with Crippen molar-refractivity contribution < 1.29 is 14.4 Å². The standard InChI is InChI=1S/C12H9NO3/c13-16-12(15)11-4-3-9-5-8(7-14)1-2-10(9)6-11/h1-7H,13H2. The van der Waals surface area contributed by atoms with Gasteiger partial charge in [-0.15, -0.1) is 0 Å². The number of fused-ring (bicyclic) bond motifs is 1. The first-order valence-electron chi connectivity index (χ1n) is 4.64. The van der Waals surface area contributed by atoms with Gasteiger partial charge in [0.1, 0.15) is 6.29 Å². The van der Waals surface area contributed by atoms with E-state index in [1.165, 1.54) is 0 Å². The molecule has 0 fully saturated rings. The fourth-order valence-electron chi connectivity index (χ4n) is 1.53. The van der Waals surface area contributed by atoms with Gasteiger partial charge in [0.15, 0.2) is 0 Å². The van der Waals surface area contributed by atoms with Crippen molar-refractivity contribution in [1.29, 1.82) is 0 Å². The van der Waals surface area contributed by atoms with Gasteiger partial charge >= 0.3 is 5.97 Å². The molecule has 2 N–H and O–H groups in total. The first kappa shape index (κ1) is 10.3. The minimum absolute atomic E-state index is 0.383. The van der Waals surface area contributed by atoms with Crippen LogP contribution in [0.2, 0.25) is 0 Å². The maximum absolute atomic E-state index is 11.2. The van der Waals surface area contributed by atoms with E-state index >= 15 is 0 Å². The molecule has 16 heavy (non-hydrogen) atoms. The number of hydrogen-bond acceptors (Lipinski definition) is 4. The van der Waals surface area contributed by atoms with E-state index in [-0.39, 0.29) is 0 Å². The van der Waals surface area contributed by atoms with Gasteiger partial charge in [-0.25, -0.2) is 4.79 Å². The molecular formula is C12H9NO3. The molecule has 0 radical (unpaired) electrons. The van der Waals surface area contributed by atoms with Crippen LogP contribution < -0.4 is 5.90 Å². The molecular weight excluding hydrogens is 206 g/mol. The smallest absolute Gasteiger partial charge is 0.356 e. The van der Waals surface area contributed by atoms with Gasteiger partial charge in [0, 0.05) is 5.56 Å². The van der Waals surface area contributed by atoms with Crippen molar-refractivity contribution in [3.63, 3.8) is 0 Å². The Hall–Kier alpha value is -2.20. The number of hydrogen-bond donors (Lipinski definition) is 1. The first-order chi connectivity index (χ1) is 7.74. The molecule has 2 aromatic rings. The predicted molar refractivity (Wildman–Crippen MR) is 58.9 cm³/mol. The normalized spacial score (nSPS) is 10.1. The SMILES string of the molecule is NOC(=O)c1ccc2cc(C=O)ccc2c1. The monoisotopic (exact) mass is 215 g/mol. The summed E-state index contributed by atoms with van der Waals surface area (Å²) in [6.07, 6.45) is 0.779. The Balaban J connectivity index is 2.55. The minimum Gasteiger partial charge on any atom is -0.370 e. The van der Waals surface area contributed by atoms with Crippen molar-refractivity contribution >= 4 is 23.0 Å². The van der Waals surface area contributed by atoms with Crippen LogP contribution in [0, 0.1) is 0 Å². The summed E-state index contributed by atoms with van der Waals surface area (Å²) in [6, 6.07) is 10.2. The highest BCUT2D eigenvalue weighted by atomic mass is 16.7. The number of carbonyl (C=O) groups is 2. The molecule has 0 saturated carbocycles. The van der Waals surface area contributed by atoms with E-state index in [1.807, 2.05) is 0 Å². The third kappa shape index (κ3) is 1.78. The van der Waals surface area contributed by atoms with Crippen LogP contribution in [0.15, 0.2) is 36.4 Å². The van der Waals surface area contributed by atoms with E-state index < -0.39 is 5.97 Å². The summed E-state index contributed by atoms with van der Waals surface area (Å²) >= 11 is 0. The van der Waals surface area contributed by atoms with Crippen molar-refractivity contribution in [2.24, 2.45) is 5.90 Å². The lowest BCUT2D eigenvalue weighted by Gasteiger charge is -2.02. The maximum atomic E-state index is 11.2. The number of nitrogens with two attached hydrogens (primary N) is 1. The van der Waals surface area contributed by atoms with Crippen LogP contribution in [-0.2, 0) is 4.84 Å². The third-order valence-electron chi connectivity index (χ3n) is 2.34. The number of benzene rings is 2. The number of rotatable bonds is 2. The summed E-state index contributed by atoms with van der Waals surface area (Å²) in [4.78, 5) is 25.9. The lowest BCUT2D eigenvalue weighted by molar-refractivity contribution is 0.0503. The largest absolute Gasteiger partial charge is 0.370 e. The Bertz CT molecular complexity index is 563. The van der Waals surface area contributed by atoms with E-state index in [0.29, 0.717) is 11.1 Å². The summed E-state index contributed by atoms with van der Waals surface area (Å²) in [5, 5.41) is 1.74. The zero-order chi connectivity index (χ0) is 11.5. The van der Waals surface area contributed by atoms with Crippen LogP contribution in [0.25, 0.3) is 10.8 Å². The zero-order valence-corrected chi connectivity index (χ0v) is 8.34. The summed E-state index contributed by atoms with van der Waals surface area (Å²) in [5.74, 6) is 4.22. The Morgan fingerprint density at radius 3 is 2.50 bits per heavy atom. The molecule has 0 atom stereocenters. The molecule has 0 heterocycles. The average molecular weight is 215 g/mol. The van der Waals surface area contributed by atoms with E-state index in [9.17, 15) is 9.59 Å². The van der Waals surface area contributed by atoms with Crippen LogP contribution in [0.5, 0.6) is 0 Å². The maximum Gasteiger partial charge on any atom is 0.356 e.